The molecule has 2 rings (SSSR count). The first-order valence-corrected chi connectivity index (χ1v) is 5.36. The Labute approximate surface area is 111 Å². The van der Waals surface area contributed by atoms with Crippen molar-refractivity contribution >= 4 is 5.97 Å². The molecule has 0 bridgehead atoms. The summed E-state index contributed by atoms with van der Waals surface area (Å²) in [5, 5.41) is 8.84. The number of aromatic carboxylic acids is 1. The Morgan fingerprint density at radius 1 is 1.40 bits per heavy atom. The molecule has 2 aromatic rings. The highest BCUT2D eigenvalue weighted by Gasteiger charge is 2.37. The molecule has 106 valence electrons. The predicted molar refractivity (Wildman–Crippen MR) is 62.1 cm³/mol. The van der Waals surface area contributed by atoms with Crippen LogP contribution in [0.4, 0.5) is 13.2 Å². The van der Waals surface area contributed by atoms with Crippen LogP contribution >= 0.6 is 0 Å². The third-order valence-electron chi connectivity index (χ3n) is 2.59. The minimum absolute atomic E-state index is 0.210. The number of hydrogen-bond acceptors (Lipinski definition) is 3. The second-order valence-corrected chi connectivity index (χ2v) is 3.85. The van der Waals surface area contributed by atoms with Gasteiger partial charge in [0.2, 0.25) is 5.88 Å². The normalized spacial score (nSPS) is 11.4. The lowest BCUT2D eigenvalue weighted by atomic mass is 10.2. The average molecular weight is 286 g/mol. The summed E-state index contributed by atoms with van der Waals surface area (Å²) < 4.78 is 44.2. The topological polar surface area (TPSA) is 64.3 Å². The van der Waals surface area contributed by atoms with Gasteiger partial charge in [0.15, 0.2) is 0 Å². The van der Waals surface area contributed by atoms with Gasteiger partial charge in [-0.05, 0) is 6.07 Å². The molecule has 0 atom stereocenters. The second kappa shape index (κ2) is 4.87. The SMILES string of the molecule is COc1cc(-n2cc(C(=O)O)c(C(F)(F)F)c2)ccn1. The van der Waals surface area contributed by atoms with E-state index in [1.165, 1.54) is 25.4 Å². The van der Waals surface area contributed by atoms with Gasteiger partial charge in [0, 0.05) is 24.7 Å². The van der Waals surface area contributed by atoms with E-state index in [0.29, 0.717) is 5.69 Å². The fourth-order valence-corrected chi connectivity index (χ4v) is 1.67. The van der Waals surface area contributed by atoms with E-state index < -0.39 is 23.3 Å². The van der Waals surface area contributed by atoms with Gasteiger partial charge in [-0.3, -0.25) is 0 Å². The smallest absolute Gasteiger partial charge is 0.418 e. The summed E-state index contributed by atoms with van der Waals surface area (Å²) >= 11 is 0. The lowest BCUT2D eigenvalue weighted by molar-refractivity contribution is -0.138. The monoisotopic (exact) mass is 286 g/mol. The number of alkyl halides is 3. The number of rotatable bonds is 3. The molecular formula is C12H9F3N2O3. The van der Waals surface area contributed by atoms with E-state index in [4.69, 9.17) is 9.84 Å². The van der Waals surface area contributed by atoms with Gasteiger partial charge in [-0.15, -0.1) is 0 Å². The van der Waals surface area contributed by atoms with Crippen LogP contribution in [0.2, 0.25) is 0 Å². The van der Waals surface area contributed by atoms with E-state index in [9.17, 15) is 18.0 Å². The Morgan fingerprint density at radius 2 is 2.10 bits per heavy atom. The molecule has 0 aliphatic heterocycles. The van der Waals surface area contributed by atoms with Crippen LogP contribution in [0.25, 0.3) is 5.69 Å². The van der Waals surface area contributed by atoms with Crippen molar-refractivity contribution < 1.29 is 27.8 Å². The van der Waals surface area contributed by atoms with E-state index in [0.717, 1.165) is 17.0 Å². The van der Waals surface area contributed by atoms with Crippen molar-refractivity contribution in [3.63, 3.8) is 0 Å². The summed E-state index contributed by atoms with van der Waals surface area (Å²) in [5.41, 5.74) is -1.70. The molecular weight excluding hydrogens is 277 g/mol. The van der Waals surface area contributed by atoms with Crippen molar-refractivity contribution in [3.8, 4) is 11.6 Å². The van der Waals surface area contributed by atoms with Gasteiger partial charge in [0.05, 0.1) is 23.9 Å². The van der Waals surface area contributed by atoms with Crippen LogP contribution in [-0.2, 0) is 6.18 Å². The van der Waals surface area contributed by atoms with Crippen LogP contribution in [0.5, 0.6) is 5.88 Å². The highest BCUT2D eigenvalue weighted by molar-refractivity contribution is 5.89. The number of halogens is 3. The van der Waals surface area contributed by atoms with Crippen molar-refractivity contribution in [2.24, 2.45) is 0 Å². The van der Waals surface area contributed by atoms with Gasteiger partial charge in [0.25, 0.3) is 0 Å². The quantitative estimate of drug-likeness (QED) is 0.942. The molecule has 8 heteroatoms. The molecule has 0 aliphatic carbocycles. The molecule has 0 fully saturated rings. The van der Waals surface area contributed by atoms with Crippen molar-refractivity contribution in [1.82, 2.24) is 9.55 Å². The fraction of sp³-hybridized carbons (Fsp3) is 0.167. The van der Waals surface area contributed by atoms with Crippen molar-refractivity contribution in [1.29, 1.82) is 0 Å². The molecule has 0 saturated carbocycles. The summed E-state index contributed by atoms with van der Waals surface area (Å²) in [6.07, 6.45) is -1.77. The standard InChI is InChI=1S/C12H9F3N2O3/c1-20-10-4-7(2-3-16-10)17-5-8(11(18)19)9(6-17)12(13,14)15/h2-6H,1H3,(H,18,19). The summed E-state index contributed by atoms with van der Waals surface area (Å²) in [7, 11) is 1.37. The van der Waals surface area contributed by atoms with Crippen LogP contribution < -0.4 is 4.74 Å². The van der Waals surface area contributed by atoms with Crippen LogP contribution in [0.3, 0.4) is 0 Å². The molecule has 0 radical (unpaired) electrons. The molecule has 20 heavy (non-hydrogen) atoms. The van der Waals surface area contributed by atoms with Gasteiger partial charge in [-0.1, -0.05) is 0 Å². The lowest BCUT2D eigenvalue weighted by Gasteiger charge is -2.05. The van der Waals surface area contributed by atoms with Gasteiger partial charge < -0.3 is 14.4 Å². The number of aromatic nitrogens is 2. The zero-order valence-corrected chi connectivity index (χ0v) is 10.2. The Bertz CT molecular complexity index is 650. The number of carboxylic acids is 1. The number of methoxy groups -OCH3 is 1. The Balaban J connectivity index is 2.56. The van der Waals surface area contributed by atoms with Crippen molar-refractivity contribution in [3.05, 3.63) is 41.9 Å². The number of carbonyl (C=O) groups is 1. The van der Waals surface area contributed by atoms with E-state index in [1.807, 2.05) is 0 Å². The minimum Gasteiger partial charge on any atom is -0.481 e. The van der Waals surface area contributed by atoms with Crippen LogP contribution in [0.15, 0.2) is 30.7 Å². The second-order valence-electron chi connectivity index (χ2n) is 3.85. The minimum atomic E-state index is -4.74. The Kier molecular flexibility index (Phi) is 3.39. The largest absolute Gasteiger partial charge is 0.481 e. The Morgan fingerprint density at radius 3 is 2.60 bits per heavy atom. The maximum atomic E-state index is 12.8. The number of carboxylic acid groups (broad SMARTS) is 1. The number of hydrogen-bond donors (Lipinski definition) is 1. The Hall–Kier alpha value is -2.51. The first-order valence-electron chi connectivity index (χ1n) is 5.36. The van der Waals surface area contributed by atoms with Gasteiger partial charge in [-0.2, -0.15) is 13.2 Å². The molecule has 0 spiro atoms. The first-order chi connectivity index (χ1) is 9.32. The third-order valence-corrected chi connectivity index (χ3v) is 2.59. The van der Waals surface area contributed by atoms with E-state index >= 15 is 0 Å². The highest BCUT2D eigenvalue weighted by atomic mass is 19.4. The zero-order chi connectivity index (χ0) is 14.9. The average Bonchev–Trinajstić information content (AvgIpc) is 2.84. The van der Waals surface area contributed by atoms with E-state index in [1.54, 1.807) is 0 Å². The molecule has 1 N–H and O–H groups in total. The lowest BCUT2D eigenvalue weighted by Crippen LogP contribution is -2.09. The van der Waals surface area contributed by atoms with E-state index in [-0.39, 0.29) is 5.88 Å². The zero-order valence-electron chi connectivity index (χ0n) is 10.2. The molecule has 2 heterocycles. The number of ether oxygens (including phenoxy) is 1. The summed E-state index contributed by atoms with van der Waals surface area (Å²) in [6.45, 7) is 0. The number of pyridine rings is 1. The summed E-state index contributed by atoms with van der Waals surface area (Å²) in [5.74, 6) is -1.43. The van der Waals surface area contributed by atoms with Crippen LogP contribution in [-0.4, -0.2) is 27.7 Å². The maximum absolute atomic E-state index is 12.8. The molecule has 2 aromatic heterocycles. The summed E-state index contributed by atoms with van der Waals surface area (Å²) in [6, 6.07) is 2.83. The van der Waals surface area contributed by atoms with E-state index in [2.05, 4.69) is 4.98 Å². The molecule has 0 saturated heterocycles. The molecule has 0 unspecified atom stereocenters. The molecule has 0 aromatic carbocycles. The van der Waals surface area contributed by atoms with Crippen LogP contribution in [0.1, 0.15) is 15.9 Å². The third kappa shape index (κ3) is 2.58. The van der Waals surface area contributed by atoms with Crippen molar-refractivity contribution in [2.45, 2.75) is 6.18 Å². The summed E-state index contributed by atoms with van der Waals surface area (Å²) in [4.78, 5) is 14.7. The van der Waals surface area contributed by atoms with Gasteiger partial charge in [-0.25, -0.2) is 9.78 Å². The van der Waals surface area contributed by atoms with Crippen LogP contribution in [0, 0.1) is 0 Å². The maximum Gasteiger partial charge on any atom is 0.418 e. The number of nitrogens with zero attached hydrogens (tertiary/aromatic N) is 2. The fourth-order valence-electron chi connectivity index (χ4n) is 1.67. The molecule has 0 aliphatic rings. The van der Waals surface area contributed by atoms with Gasteiger partial charge >= 0.3 is 12.1 Å². The van der Waals surface area contributed by atoms with Gasteiger partial charge in [0.1, 0.15) is 0 Å². The predicted octanol–water partition coefficient (Wildman–Crippen LogP) is 2.60. The molecule has 0 amide bonds. The first kappa shape index (κ1) is 13.9. The van der Waals surface area contributed by atoms with Crippen molar-refractivity contribution in [2.75, 3.05) is 7.11 Å². The highest BCUT2D eigenvalue weighted by Crippen LogP contribution is 2.33. The molecule has 5 nitrogen and oxygen atoms in total.